The van der Waals surface area contributed by atoms with Crippen LogP contribution in [0.4, 0.5) is 5.69 Å². The summed E-state index contributed by atoms with van der Waals surface area (Å²) >= 11 is 0. The molecule has 28 heavy (non-hydrogen) atoms. The van der Waals surface area contributed by atoms with E-state index in [2.05, 4.69) is 27.7 Å². The number of fused-ring (bicyclic) bond motifs is 1. The summed E-state index contributed by atoms with van der Waals surface area (Å²) in [6.45, 7) is 9.26. The first-order valence-corrected chi connectivity index (χ1v) is 9.79. The predicted molar refractivity (Wildman–Crippen MR) is 107 cm³/mol. The monoisotopic (exact) mass is 379 g/mol. The molecule has 0 unspecified atom stereocenters. The summed E-state index contributed by atoms with van der Waals surface area (Å²) in [7, 11) is 0. The Hall–Kier alpha value is -2.50. The molecule has 0 aliphatic carbocycles. The molecule has 2 aromatic rings. The maximum atomic E-state index is 13.5. The number of nitrogens with zero attached hydrogens (tertiary/aromatic N) is 1. The highest BCUT2D eigenvalue weighted by molar-refractivity contribution is 6.35. The summed E-state index contributed by atoms with van der Waals surface area (Å²) in [5.74, 6) is -0.225. The van der Waals surface area contributed by atoms with Gasteiger partial charge in [0.1, 0.15) is 0 Å². The van der Waals surface area contributed by atoms with Gasteiger partial charge in [0.05, 0.1) is 30.0 Å². The van der Waals surface area contributed by atoms with Crippen molar-refractivity contribution in [3.8, 4) is 0 Å². The van der Waals surface area contributed by atoms with Crippen molar-refractivity contribution in [1.29, 1.82) is 0 Å². The third kappa shape index (κ3) is 2.86. The van der Waals surface area contributed by atoms with E-state index in [9.17, 15) is 9.59 Å². The lowest BCUT2D eigenvalue weighted by atomic mass is 9.92. The maximum Gasteiger partial charge on any atom is 0.266 e. The molecular formula is C23H25NO4. The molecule has 2 aliphatic rings. The lowest BCUT2D eigenvalue weighted by Crippen LogP contribution is -2.32. The second-order valence-corrected chi connectivity index (χ2v) is 7.88. The van der Waals surface area contributed by atoms with E-state index in [1.165, 1.54) is 4.90 Å². The van der Waals surface area contributed by atoms with Gasteiger partial charge in [-0.1, -0.05) is 58.0 Å². The number of para-hydroxylation sites is 1. The fourth-order valence-electron chi connectivity index (χ4n) is 4.02. The van der Waals surface area contributed by atoms with Gasteiger partial charge in [0, 0.05) is 5.56 Å². The van der Waals surface area contributed by atoms with E-state index in [0.717, 1.165) is 16.8 Å². The van der Waals surface area contributed by atoms with Crippen molar-refractivity contribution >= 4 is 17.5 Å². The normalized spacial score (nSPS) is 17.3. The lowest BCUT2D eigenvalue weighted by Gasteiger charge is -2.25. The number of carbonyl (C=O) groups excluding carboxylic acids is 2. The number of carbonyl (C=O) groups is 2. The number of ether oxygens (including phenoxy) is 2. The van der Waals surface area contributed by atoms with Crippen molar-refractivity contribution in [3.63, 3.8) is 0 Å². The zero-order valence-corrected chi connectivity index (χ0v) is 16.7. The Morgan fingerprint density at radius 2 is 1.43 bits per heavy atom. The lowest BCUT2D eigenvalue weighted by molar-refractivity contribution is -0.0444. The first kappa shape index (κ1) is 18.8. The largest absolute Gasteiger partial charge is 0.346 e. The SMILES string of the molecule is CC(C)c1cccc(C(C)C)c1N1C(=O)c2cccc(C3OCCO3)c2C1=O. The summed E-state index contributed by atoms with van der Waals surface area (Å²) in [6.07, 6.45) is -0.600. The summed E-state index contributed by atoms with van der Waals surface area (Å²) in [5.41, 5.74) is 4.15. The topological polar surface area (TPSA) is 55.8 Å². The van der Waals surface area contributed by atoms with E-state index in [1.54, 1.807) is 18.2 Å². The molecule has 4 rings (SSSR count). The second kappa shape index (κ2) is 7.15. The van der Waals surface area contributed by atoms with E-state index in [4.69, 9.17) is 9.47 Å². The van der Waals surface area contributed by atoms with E-state index in [0.29, 0.717) is 29.9 Å². The Morgan fingerprint density at radius 1 is 0.857 bits per heavy atom. The number of benzene rings is 2. The van der Waals surface area contributed by atoms with Gasteiger partial charge in [0.15, 0.2) is 6.29 Å². The molecule has 0 radical (unpaired) electrons. The molecule has 0 N–H and O–H groups in total. The van der Waals surface area contributed by atoms with Gasteiger partial charge in [-0.3, -0.25) is 9.59 Å². The van der Waals surface area contributed by atoms with E-state index in [1.807, 2.05) is 18.2 Å². The fourth-order valence-corrected chi connectivity index (χ4v) is 4.02. The van der Waals surface area contributed by atoms with E-state index in [-0.39, 0.29) is 23.7 Å². The Balaban J connectivity index is 1.89. The minimum atomic E-state index is -0.600. The highest BCUT2D eigenvalue weighted by Crippen LogP contribution is 2.41. The van der Waals surface area contributed by atoms with Gasteiger partial charge >= 0.3 is 0 Å². The van der Waals surface area contributed by atoms with Crippen LogP contribution >= 0.6 is 0 Å². The molecule has 2 heterocycles. The molecule has 0 aromatic heterocycles. The Bertz CT molecular complexity index is 915. The number of anilines is 1. The van der Waals surface area contributed by atoms with Crippen LogP contribution in [0.15, 0.2) is 36.4 Å². The molecule has 5 heteroatoms. The van der Waals surface area contributed by atoms with E-state index >= 15 is 0 Å². The van der Waals surface area contributed by atoms with Crippen LogP contribution in [0.2, 0.25) is 0 Å². The number of imide groups is 1. The number of hydrogen-bond donors (Lipinski definition) is 0. The van der Waals surface area contributed by atoms with Crippen molar-refractivity contribution in [2.75, 3.05) is 18.1 Å². The van der Waals surface area contributed by atoms with Gasteiger partial charge in [0.25, 0.3) is 11.8 Å². The molecule has 0 spiro atoms. The van der Waals surface area contributed by atoms with Crippen LogP contribution in [0.1, 0.15) is 83.2 Å². The molecule has 5 nitrogen and oxygen atoms in total. The van der Waals surface area contributed by atoms with Crippen LogP contribution in [-0.4, -0.2) is 25.0 Å². The summed E-state index contributed by atoms with van der Waals surface area (Å²) in [5, 5.41) is 0. The smallest absolute Gasteiger partial charge is 0.266 e. The Morgan fingerprint density at radius 3 is 2.00 bits per heavy atom. The summed E-state index contributed by atoms with van der Waals surface area (Å²) in [4.78, 5) is 28.2. The van der Waals surface area contributed by atoms with Crippen LogP contribution in [0.25, 0.3) is 0 Å². The minimum Gasteiger partial charge on any atom is -0.346 e. The predicted octanol–water partition coefficient (Wildman–Crippen LogP) is 4.78. The number of hydrogen-bond acceptors (Lipinski definition) is 4. The van der Waals surface area contributed by atoms with Gasteiger partial charge in [-0.2, -0.15) is 0 Å². The number of amides is 2. The van der Waals surface area contributed by atoms with Crippen molar-refractivity contribution in [3.05, 3.63) is 64.2 Å². The quantitative estimate of drug-likeness (QED) is 0.718. The molecule has 0 atom stereocenters. The average molecular weight is 379 g/mol. The standard InChI is InChI=1S/C23H25NO4/c1-13(2)15-7-5-8-16(14(3)4)20(15)24-21(25)17-9-6-10-18(19(17)22(24)26)23-27-11-12-28-23/h5-10,13-14,23H,11-12H2,1-4H3. The highest BCUT2D eigenvalue weighted by atomic mass is 16.7. The molecule has 0 bridgehead atoms. The fraction of sp³-hybridized carbons (Fsp3) is 0.391. The molecule has 1 saturated heterocycles. The molecule has 146 valence electrons. The summed E-state index contributed by atoms with van der Waals surface area (Å²) < 4.78 is 11.2. The third-order valence-electron chi connectivity index (χ3n) is 5.39. The highest BCUT2D eigenvalue weighted by Gasteiger charge is 2.42. The average Bonchev–Trinajstić information content (AvgIpc) is 3.29. The van der Waals surface area contributed by atoms with Crippen LogP contribution in [0.3, 0.4) is 0 Å². The number of rotatable bonds is 4. The van der Waals surface area contributed by atoms with Crippen molar-refractivity contribution in [2.24, 2.45) is 0 Å². The Kier molecular flexibility index (Phi) is 4.81. The van der Waals surface area contributed by atoms with Crippen LogP contribution in [0.5, 0.6) is 0 Å². The third-order valence-corrected chi connectivity index (χ3v) is 5.39. The van der Waals surface area contributed by atoms with Gasteiger partial charge in [-0.25, -0.2) is 4.90 Å². The second-order valence-electron chi connectivity index (χ2n) is 7.88. The first-order valence-electron chi connectivity index (χ1n) is 9.79. The van der Waals surface area contributed by atoms with Crippen molar-refractivity contribution < 1.29 is 19.1 Å². The van der Waals surface area contributed by atoms with Crippen LogP contribution in [0, 0.1) is 0 Å². The molecule has 1 fully saturated rings. The molecule has 2 amide bonds. The van der Waals surface area contributed by atoms with Gasteiger partial charge in [-0.15, -0.1) is 0 Å². The maximum absolute atomic E-state index is 13.5. The molecule has 2 aromatic carbocycles. The van der Waals surface area contributed by atoms with Crippen molar-refractivity contribution in [1.82, 2.24) is 0 Å². The van der Waals surface area contributed by atoms with Crippen molar-refractivity contribution in [2.45, 2.75) is 45.8 Å². The van der Waals surface area contributed by atoms with Gasteiger partial charge < -0.3 is 9.47 Å². The zero-order valence-electron chi connectivity index (χ0n) is 16.7. The van der Waals surface area contributed by atoms with Gasteiger partial charge in [0.2, 0.25) is 0 Å². The Labute approximate surface area is 165 Å². The van der Waals surface area contributed by atoms with E-state index < -0.39 is 6.29 Å². The zero-order chi connectivity index (χ0) is 20.0. The van der Waals surface area contributed by atoms with Gasteiger partial charge in [-0.05, 0) is 29.0 Å². The van der Waals surface area contributed by atoms with Crippen LogP contribution in [-0.2, 0) is 9.47 Å². The minimum absolute atomic E-state index is 0.180. The van der Waals surface area contributed by atoms with Crippen LogP contribution < -0.4 is 4.90 Å². The molecule has 2 aliphatic heterocycles. The molecular weight excluding hydrogens is 354 g/mol. The summed E-state index contributed by atoms with van der Waals surface area (Å²) in [6, 6.07) is 11.3. The first-order chi connectivity index (χ1) is 13.4. The molecule has 0 saturated carbocycles.